The van der Waals surface area contributed by atoms with Crippen molar-refractivity contribution < 1.29 is 4.79 Å². The summed E-state index contributed by atoms with van der Waals surface area (Å²) >= 11 is 0. The number of hydrogen-bond donors (Lipinski definition) is 1. The summed E-state index contributed by atoms with van der Waals surface area (Å²) in [5.74, 6) is 0.874. The zero-order valence-corrected chi connectivity index (χ0v) is 17.2. The lowest BCUT2D eigenvalue weighted by Gasteiger charge is -2.30. The molecule has 134 valence electrons. The van der Waals surface area contributed by atoms with Crippen molar-refractivity contribution >= 4 is 41.5 Å². The normalized spacial score (nSPS) is 13.8. The third-order valence-corrected chi connectivity index (χ3v) is 4.23. The first-order valence-corrected chi connectivity index (χ1v) is 8.47. The van der Waals surface area contributed by atoms with Gasteiger partial charge in [0.15, 0.2) is 5.96 Å². The second-order valence-corrected chi connectivity index (χ2v) is 5.95. The number of anilines is 1. The highest BCUT2D eigenvalue weighted by molar-refractivity contribution is 14.0. The molecule has 1 aliphatic rings. The largest absolute Gasteiger partial charge is 0.347 e. The molecule has 6 heteroatoms. The fraction of sp³-hybridized carbons (Fsp3) is 0.556. The number of unbranched alkanes of at least 4 members (excludes halogenated alkanes) is 1. The Morgan fingerprint density at radius 1 is 1.38 bits per heavy atom. The number of guanidine groups is 1. The summed E-state index contributed by atoms with van der Waals surface area (Å²) in [7, 11) is 3.76. The SMILES string of the molecule is CCCCN(C)C(=NC)NCC(=O)N1CCCc2ccccc21.I. The molecule has 1 heterocycles. The number of fused-ring (bicyclic) bond motifs is 1. The molecule has 0 unspecified atom stereocenters. The lowest BCUT2D eigenvalue weighted by molar-refractivity contribution is -0.117. The van der Waals surface area contributed by atoms with Crippen molar-refractivity contribution in [3.8, 4) is 0 Å². The monoisotopic (exact) mass is 444 g/mol. The number of nitrogens with zero attached hydrogens (tertiary/aromatic N) is 3. The highest BCUT2D eigenvalue weighted by atomic mass is 127. The number of carbonyl (C=O) groups excluding carboxylic acids is 1. The Kier molecular flexibility index (Phi) is 9.10. The minimum absolute atomic E-state index is 0. The van der Waals surface area contributed by atoms with E-state index in [-0.39, 0.29) is 36.4 Å². The van der Waals surface area contributed by atoms with Crippen molar-refractivity contribution in [2.24, 2.45) is 4.99 Å². The summed E-state index contributed by atoms with van der Waals surface area (Å²) in [6, 6.07) is 8.18. The van der Waals surface area contributed by atoms with Gasteiger partial charge in [-0.1, -0.05) is 31.5 Å². The van der Waals surface area contributed by atoms with Crippen molar-refractivity contribution in [2.75, 3.05) is 38.6 Å². The molecule has 0 bridgehead atoms. The maximum Gasteiger partial charge on any atom is 0.246 e. The summed E-state index contributed by atoms with van der Waals surface area (Å²) in [4.78, 5) is 20.8. The van der Waals surface area contributed by atoms with Crippen molar-refractivity contribution in [3.05, 3.63) is 29.8 Å². The van der Waals surface area contributed by atoms with Crippen molar-refractivity contribution in [3.63, 3.8) is 0 Å². The van der Waals surface area contributed by atoms with Crippen LogP contribution in [-0.2, 0) is 11.2 Å². The first kappa shape index (κ1) is 20.7. The Balaban J connectivity index is 0.00000288. The van der Waals surface area contributed by atoms with Crippen LogP contribution in [0.4, 0.5) is 5.69 Å². The van der Waals surface area contributed by atoms with E-state index in [4.69, 9.17) is 0 Å². The second kappa shape index (κ2) is 10.5. The van der Waals surface area contributed by atoms with E-state index in [1.807, 2.05) is 30.1 Å². The zero-order chi connectivity index (χ0) is 16.7. The number of aryl methyl sites for hydroxylation is 1. The molecule has 0 radical (unpaired) electrons. The number of aliphatic imine (C=N–C) groups is 1. The van der Waals surface area contributed by atoms with E-state index in [2.05, 4.69) is 28.2 Å². The molecule has 0 spiro atoms. The first-order valence-electron chi connectivity index (χ1n) is 8.47. The van der Waals surface area contributed by atoms with Crippen LogP contribution in [0.5, 0.6) is 0 Å². The highest BCUT2D eigenvalue weighted by Crippen LogP contribution is 2.26. The molecule has 24 heavy (non-hydrogen) atoms. The van der Waals surface area contributed by atoms with Crippen LogP contribution in [-0.4, -0.2) is 50.5 Å². The maximum absolute atomic E-state index is 12.6. The molecule has 0 saturated heterocycles. The van der Waals surface area contributed by atoms with Crippen LogP contribution in [0.15, 0.2) is 29.3 Å². The fourth-order valence-corrected chi connectivity index (χ4v) is 2.93. The predicted octanol–water partition coefficient (Wildman–Crippen LogP) is 2.89. The predicted molar refractivity (Wildman–Crippen MR) is 111 cm³/mol. The van der Waals surface area contributed by atoms with Gasteiger partial charge >= 0.3 is 0 Å². The Morgan fingerprint density at radius 3 is 2.83 bits per heavy atom. The van der Waals surface area contributed by atoms with Gasteiger partial charge < -0.3 is 15.1 Å². The Labute approximate surface area is 162 Å². The number of halogens is 1. The molecule has 0 saturated carbocycles. The molecule has 1 aliphatic heterocycles. The molecule has 5 nitrogen and oxygen atoms in total. The van der Waals surface area contributed by atoms with Gasteiger partial charge in [-0.2, -0.15) is 0 Å². The quantitative estimate of drug-likeness (QED) is 0.432. The van der Waals surface area contributed by atoms with Gasteiger partial charge in [-0.25, -0.2) is 0 Å². The van der Waals surface area contributed by atoms with Crippen LogP contribution in [0, 0.1) is 0 Å². The van der Waals surface area contributed by atoms with Crippen molar-refractivity contribution in [2.45, 2.75) is 32.6 Å². The molecule has 2 rings (SSSR count). The van der Waals surface area contributed by atoms with Crippen LogP contribution in [0.1, 0.15) is 31.7 Å². The number of amides is 1. The van der Waals surface area contributed by atoms with Gasteiger partial charge in [0, 0.05) is 32.9 Å². The highest BCUT2D eigenvalue weighted by Gasteiger charge is 2.22. The van der Waals surface area contributed by atoms with Crippen LogP contribution in [0.3, 0.4) is 0 Å². The van der Waals surface area contributed by atoms with Gasteiger partial charge in [0.25, 0.3) is 0 Å². The molecule has 0 aliphatic carbocycles. The van der Waals surface area contributed by atoms with E-state index in [0.29, 0.717) is 0 Å². The van der Waals surface area contributed by atoms with Gasteiger partial charge in [0.1, 0.15) is 0 Å². The minimum Gasteiger partial charge on any atom is -0.347 e. The van der Waals surface area contributed by atoms with Crippen LogP contribution in [0.25, 0.3) is 0 Å². The molecule has 0 atom stereocenters. The average molecular weight is 444 g/mol. The first-order chi connectivity index (χ1) is 11.2. The Hall–Kier alpha value is -1.31. The van der Waals surface area contributed by atoms with Gasteiger partial charge in [0.2, 0.25) is 5.91 Å². The van der Waals surface area contributed by atoms with E-state index in [9.17, 15) is 4.79 Å². The second-order valence-electron chi connectivity index (χ2n) is 5.95. The zero-order valence-electron chi connectivity index (χ0n) is 14.9. The van der Waals surface area contributed by atoms with Gasteiger partial charge in [-0.3, -0.25) is 9.79 Å². The minimum atomic E-state index is 0. The number of hydrogen-bond acceptors (Lipinski definition) is 2. The van der Waals surface area contributed by atoms with Gasteiger partial charge in [0.05, 0.1) is 6.54 Å². The van der Waals surface area contributed by atoms with Gasteiger partial charge in [-0.05, 0) is 30.9 Å². The molecule has 1 N–H and O–H groups in total. The van der Waals surface area contributed by atoms with E-state index in [0.717, 1.165) is 50.4 Å². The standard InChI is InChI=1S/C18H28N4O.HI/c1-4-5-12-21(3)18(19-2)20-14-17(23)22-13-8-10-15-9-6-7-11-16(15)22;/h6-7,9,11H,4-5,8,10,12-14H2,1-3H3,(H,19,20);1H. The third kappa shape index (κ3) is 5.36. The summed E-state index contributed by atoms with van der Waals surface area (Å²) in [6.45, 7) is 4.18. The number of carbonyl (C=O) groups is 1. The number of rotatable bonds is 5. The molecular weight excluding hydrogens is 415 g/mol. The fourth-order valence-electron chi connectivity index (χ4n) is 2.93. The molecule has 0 aromatic heterocycles. The average Bonchev–Trinajstić information content (AvgIpc) is 2.59. The molecule has 0 fully saturated rings. The lowest BCUT2D eigenvalue weighted by atomic mass is 10.0. The summed E-state index contributed by atoms with van der Waals surface area (Å²) in [5, 5.41) is 3.19. The van der Waals surface area contributed by atoms with E-state index >= 15 is 0 Å². The van der Waals surface area contributed by atoms with Crippen LogP contribution in [0.2, 0.25) is 0 Å². The Bertz CT molecular complexity index is 562. The molecular formula is C18H29IN4O. The van der Waals surface area contributed by atoms with Crippen molar-refractivity contribution in [1.82, 2.24) is 10.2 Å². The summed E-state index contributed by atoms with van der Waals surface area (Å²) < 4.78 is 0. The molecule has 1 aromatic carbocycles. The third-order valence-electron chi connectivity index (χ3n) is 4.23. The van der Waals surface area contributed by atoms with Crippen LogP contribution < -0.4 is 10.2 Å². The number of nitrogens with one attached hydrogen (secondary N) is 1. The smallest absolute Gasteiger partial charge is 0.246 e. The summed E-state index contributed by atoms with van der Waals surface area (Å²) in [5.41, 5.74) is 2.32. The maximum atomic E-state index is 12.6. The Morgan fingerprint density at radius 2 is 2.12 bits per heavy atom. The number of para-hydroxylation sites is 1. The van der Waals surface area contributed by atoms with Crippen LogP contribution >= 0.6 is 24.0 Å². The van der Waals surface area contributed by atoms with E-state index in [1.165, 1.54) is 5.56 Å². The topological polar surface area (TPSA) is 47.9 Å². The van der Waals surface area contributed by atoms with Gasteiger partial charge in [-0.15, -0.1) is 24.0 Å². The number of benzene rings is 1. The molecule has 1 aromatic rings. The van der Waals surface area contributed by atoms with E-state index in [1.54, 1.807) is 7.05 Å². The molecule has 1 amide bonds. The lowest BCUT2D eigenvalue weighted by Crippen LogP contribution is -2.46. The summed E-state index contributed by atoms with van der Waals surface area (Å²) in [6.07, 6.45) is 4.33. The van der Waals surface area contributed by atoms with E-state index < -0.39 is 0 Å². The van der Waals surface area contributed by atoms with Crippen molar-refractivity contribution in [1.29, 1.82) is 0 Å².